The summed E-state index contributed by atoms with van der Waals surface area (Å²) in [5, 5.41) is 6.39. The molecule has 0 aromatic carbocycles. The van der Waals surface area contributed by atoms with E-state index < -0.39 is 9.84 Å². The molecule has 6 nitrogen and oxygen atoms in total. The van der Waals surface area contributed by atoms with E-state index in [4.69, 9.17) is 0 Å². The standard InChI is InChI=1S/C13H24N4O2S/c1-5-7-11-12(14-6-2)15-9-16-13(11)17-10(3)8-20(4,18)19/h9-10H,5-8H2,1-4H3,(H2,14,15,16,17). The van der Waals surface area contributed by atoms with Crippen molar-refractivity contribution in [3.8, 4) is 0 Å². The topological polar surface area (TPSA) is 84.0 Å². The van der Waals surface area contributed by atoms with Gasteiger partial charge < -0.3 is 10.6 Å². The minimum absolute atomic E-state index is 0.0824. The van der Waals surface area contributed by atoms with Crippen LogP contribution in [-0.4, -0.2) is 43.0 Å². The van der Waals surface area contributed by atoms with Gasteiger partial charge in [-0.2, -0.15) is 0 Å². The van der Waals surface area contributed by atoms with Crippen LogP contribution >= 0.6 is 0 Å². The van der Waals surface area contributed by atoms with Gasteiger partial charge in [0.1, 0.15) is 27.8 Å². The lowest BCUT2D eigenvalue weighted by Gasteiger charge is -2.18. The Morgan fingerprint density at radius 3 is 2.45 bits per heavy atom. The van der Waals surface area contributed by atoms with Crippen molar-refractivity contribution >= 4 is 21.5 Å². The third-order valence-corrected chi connectivity index (χ3v) is 3.83. The van der Waals surface area contributed by atoms with Gasteiger partial charge in [0.25, 0.3) is 0 Å². The number of anilines is 2. The van der Waals surface area contributed by atoms with E-state index >= 15 is 0 Å². The Balaban J connectivity index is 2.95. The molecular formula is C13H24N4O2S. The summed E-state index contributed by atoms with van der Waals surface area (Å²) in [6.45, 7) is 6.72. The van der Waals surface area contributed by atoms with E-state index in [1.54, 1.807) is 0 Å². The van der Waals surface area contributed by atoms with Gasteiger partial charge >= 0.3 is 0 Å². The average molecular weight is 300 g/mol. The minimum atomic E-state index is -3.01. The second-order valence-electron chi connectivity index (χ2n) is 4.97. The maximum Gasteiger partial charge on any atom is 0.149 e. The van der Waals surface area contributed by atoms with Gasteiger partial charge in [-0.15, -0.1) is 0 Å². The van der Waals surface area contributed by atoms with Crippen LogP contribution in [0.15, 0.2) is 6.33 Å². The van der Waals surface area contributed by atoms with E-state index in [9.17, 15) is 8.42 Å². The van der Waals surface area contributed by atoms with Crippen LogP contribution in [0.1, 0.15) is 32.8 Å². The number of sulfone groups is 1. The number of hydrogen-bond acceptors (Lipinski definition) is 6. The normalized spacial score (nSPS) is 13.0. The Morgan fingerprint density at radius 2 is 1.90 bits per heavy atom. The second kappa shape index (κ2) is 7.42. The van der Waals surface area contributed by atoms with Gasteiger partial charge in [0.2, 0.25) is 0 Å². The molecule has 2 N–H and O–H groups in total. The van der Waals surface area contributed by atoms with Crippen molar-refractivity contribution in [2.75, 3.05) is 29.2 Å². The quantitative estimate of drug-likeness (QED) is 0.760. The van der Waals surface area contributed by atoms with Crippen LogP contribution in [0.4, 0.5) is 11.6 Å². The Morgan fingerprint density at radius 1 is 1.25 bits per heavy atom. The zero-order valence-electron chi connectivity index (χ0n) is 12.6. The van der Waals surface area contributed by atoms with Crippen LogP contribution in [0.5, 0.6) is 0 Å². The van der Waals surface area contributed by atoms with E-state index in [0.717, 1.165) is 30.8 Å². The molecule has 0 fully saturated rings. The van der Waals surface area contributed by atoms with E-state index in [2.05, 4.69) is 27.5 Å². The van der Waals surface area contributed by atoms with Gasteiger partial charge in [0.15, 0.2) is 0 Å². The predicted molar refractivity (Wildman–Crippen MR) is 83.0 cm³/mol. The Bertz CT molecular complexity index is 531. The summed E-state index contributed by atoms with van der Waals surface area (Å²) in [4.78, 5) is 8.50. The highest BCUT2D eigenvalue weighted by molar-refractivity contribution is 7.90. The fourth-order valence-electron chi connectivity index (χ4n) is 2.07. The molecule has 7 heteroatoms. The third-order valence-electron chi connectivity index (χ3n) is 2.73. The zero-order chi connectivity index (χ0) is 15.2. The van der Waals surface area contributed by atoms with E-state index in [-0.39, 0.29) is 11.8 Å². The first-order valence-corrected chi connectivity index (χ1v) is 8.95. The molecule has 114 valence electrons. The van der Waals surface area contributed by atoms with Crippen molar-refractivity contribution in [3.63, 3.8) is 0 Å². The van der Waals surface area contributed by atoms with Crippen LogP contribution < -0.4 is 10.6 Å². The van der Waals surface area contributed by atoms with Crippen LogP contribution in [0.2, 0.25) is 0 Å². The number of aromatic nitrogens is 2. The molecule has 0 spiro atoms. The third kappa shape index (κ3) is 5.32. The summed E-state index contributed by atoms with van der Waals surface area (Å²) in [5.41, 5.74) is 1.01. The first-order chi connectivity index (χ1) is 9.37. The molecule has 0 saturated carbocycles. The fraction of sp³-hybridized carbons (Fsp3) is 0.692. The second-order valence-corrected chi connectivity index (χ2v) is 7.15. The summed E-state index contributed by atoms with van der Waals surface area (Å²) < 4.78 is 22.7. The highest BCUT2D eigenvalue weighted by Crippen LogP contribution is 2.22. The first kappa shape index (κ1) is 16.7. The molecule has 0 saturated heterocycles. The SMILES string of the molecule is CCCc1c(NCC)ncnc1NC(C)CS(C)(=O)=O. The largest absolute Gasteiger partial charge is 0.370 e. The zero-order valence-corrected chi connectivity index (χ0v) is 13.4. The van der Waals surface area contributed by atoms with Crippen LogP contribution in [0, 0.1) is 0 Å². The molecule has 0 aliphatic carbocycles. The Labute approximate surface area is 121 Å². The van der Waals surface area contributed by atoms with E-state index in [1.165, 1.54) is 12.6 Å². The lowest BCUT2D eigenvalue weighted by molar-refractivity contribution is 0.598. The van der Waals surface area contributed by atoms with Gasteiger partial charge in [0, 0.05) is 24.4 Å². The van der Waals surface area contributed by atoms with Gasteiger partial charge in [-0.05, 0) is 20.3 Å². The van der Waals surface area contributed by atoms with Gasteiger partial charge in [-0.1, -0.05) is 13.3 Å². The molecule has 1 rings (SSSR count). The maximum atomic E-state index is 11.3. The number of rotatable bonds is 8. The molecule has 0 radical (unpaired) electrons. The summed E-state index contributed by atoms with van der Waals surface area (Å²) in [6, 6.07) is -0.190. The number of nitrogens with zero attached hydrogens (tertiary/aromatic N) is 2. The van der Waals surface area contributed by atoms with Crippen molar-refractivity contribution in [3.05, 3.63) is 11.9 Å². The van der Waals surface area contributed by atoms with Crippen molar-refractivity contribution < 1.29 is 8.42 Å². The number of nitrogens with one attached hydrogen (secondary N) is 2. The maximum absolute atomic E-state index is 11.3. The predicted octanol–water partition coefficient (Wildman–Crippen LogP) is 1.71. The average Bonchev–Trinajstić information content (AvgIpc) is 2.31. The van der Waals surface area contributed by atoms with Crippen molar-refractivity contribution in [2.24, 2.45) is 0 Å². The fourth-order valence-corrected chi connectivity index (χ4v) is 3.06. The van der Waals surface area contributed by atoms with Crippen molar-refractivity contribution in [2.45, 2.75) is 39.7 Å². The number of hydrogen-bond donors (Lipinski definition) is 2. The molecule has 0 amide bonds. The lowest BCUT2D eigenvalue weighted by atomic mass is 10.1. The Hall–Kier alpha value is -1.37. The minimum Gasteiger partial charge on any atom is -0.370 e. The van der Waals surface area contributed by atoms with E-state index in [0.29, 0.717) is 5.82 Å². The highest BCUT2D eigenvalue weighted by Gasteiger charge is 2.15. The van der Waals surface area contributed by atoms with E-state index in [1.807, 2.05) is 13.8 Å². The summed E-state index contributed by atoms with van der Waals surface area (Å²) in [5.74, 6) is 1.62. The smallest absolute Gasteiger partial charge is 0.149 e. The summed E-state index contributed by atoms with van der Waals surface area (Å²) >= 11 is 0. The molecule has 0 aliphatic rings. The highest BCUT2D eigenvalue weighted by atomic mass is 32.2. The van der Waals surface area contributed by atoms with Crippen molar-refractivity contribution in [1.82, 2.24) is 9.97 Å². The summed E-state index contributed by atoms with van der Waals surface area (Å²) in [6.07, 6.45) is 4.55. The molecule has 20 heavy (non-hydrogen) atoms. The van der Waals surface area contributed by atoms with Gasteiger partial charge in [0.05, 0.1) is 5.75 Å². The molecular weight excluding hydrogens is 276 g/mol. The lowest BCUT2D eigenvalue weighted by Crippen LogP contribution is -2.26. The Kier molecular flexibility index (Phi) is 6.19. The van der Waals surface area contributed by atoms with Crippen LogP contribution in [0.3, 0.4) is 0 Å². The molecule has 0 bridgehead atoms. The molecule has 1 heterocycles. The summed E-state index contributed by atoms with van der Waals surface area (Å²) in [7, 11) is -3.01. The van der Waals surface area contributed by atoms with Crippen molar-refractivity contribution in [1.29, 1.82) is 0 Å². The molecule has 1 unspecified atom stereocenters. The van der Waals surface area contributed by atoms with Crippen LogP contribution in [0.25, 0.3) is 0 Å². The molecule has 1 aromatic heterocycles. The van der Waals surface area contributed by atoms with Gasteiger partial charge in [-0.25, -0.2) is 18.4 Å². The monoisotopic (exact) mass is 300 g/mol. The van der Waals surface area contributed by atoms with Gasteiger partial charge in [-0.3, -0.25) is 0 Å². The first-order valence-electron chi connectivity index (χ1n) is 6.89. The molecule has 0 aliphatic heterocycles. The van der Waals surface area contributed by atoms with Crippen LogP contribution in [-0.2, 0) is 16.3 Å². The molecule has 1 atom stereocenters. The molecule has 1 aromatic rings.